The molecule has 29 heavy (non-hydrogen) atoms. The van der Waals surface area contributed by atoms with E-state index >= 15 is 0 Å². The maximum Gasteiger partial charge on any atom is 0.416 e. The van der Waals surface area contributed by atoms with Crippen molar-refractivity contribution < 1.29 is 26.3 Å². The van der Waals surface area contributed by atoms with Crippen LogP contribution in [-0.2, 0) is 16.2 Å². The topological polar surface area (TPSA) is 58.6 Å². The fourth-order valence-corrected chi connectivity index (χ4v) is 5.45. The van der Waals surface area contributed by atoms with E-state index in [-0.39, 0.29) is 21.9 Å². The van der Waals surface area contributed by atoms with Crippen LogP contribution in [0.25, 0.3) is 0 Å². The summed E-state index contributed by atoms with van der Waals surface area (Å²) < 4.78 is 73.1. The highest BCUT2D eigenvalue weighted by molar-refractivity contribution is 8.00. The van der Waals surface area contributed by atoms with Gasteiger partial charge in [0.1, 0.15) is 10.6 Å². The summed E-state index contributed by atoms with van der Waals surface area (Å²) in [6, 6.07) is 8.14. The smallest absolute Gasteiger partial charge is 0.416 e. The van der Waals surface area contributed by atoms with Gasteiger partial charge in [0.2, 0.25) is 0 Å². The number of hydrogen-bond donors (Lipinski definition) is 1. The molecule has 0 amide bonds. The van der Waals surface area contributed by atoms with Crippen LogP contribution in [0.15, 0.2) is 46.2 Å². The van der Waals surface area contributed by atoms with Gasteiger partial charge >= 0.3 is 6.18 Å². The zero-order valence-electron chi connectivity index (χ0n) is 16.5. The van der Waals surface area contributed by atoms with Crippen LogP contribution in [0.2, 0.25) is 0 Å². The zero-order valence-corrected chi connectivity index (χ0v) is 18.1. The summed E-state index contributed by atoms with van der Waals surface area (Å²) in [4.78, 5) is 2.33. The molecule has 0 saturated carbocycles. The molecule has 0 bridgehead atoms. The number of alkyl halides is 3. The Labute approximate surface area is 173 Å². The van der Waals surface area contributed by atoms with Crippen molar-refractivity contribution in [2.45, 2.75) is 22.9 Å². The van der Waals surface area contributed by atoms with E-state index in [4.69, 9.17) is 4.74 Å². The molecule has 5 nitrogen and oxygen atoms in total. The van der Waals surface area contributed by atoms with Crippen molar-refractivity contribution in [3.63, 3.8) is 0 Å². The minimum absolute atomic E-state index is 0.0117. The normalized spacial score (nSPS) is 12.3. The number of thioether (sulfide) groups is 1. The molecule has 1 N–H and O–H groups in total. The van der Waals surface area contributed by atoms with Crippen molar-refractivity contribution in [2.24, 2.45) is 0 Å². The Morgan fingerprint density at radius 3 is 2.45 bits per heavy atom. The number of nitrogens with zero attached hydrogens (tertiary/aromatic N) is 1. The molecule has 0 atom stereocenters. The average molecular weight is 449 g/mol. The van der Waals surface area contributed by atoms with E-state index < -0.39 is 21.8 Å². The Kier molecular flexibility index (Phi) is 7.47. The van der Waals surface area contributed by atoms with Crippen LogP contribution in [-0.4, -0.2) is 46.8 Å². The number of ether oxygens (including phenoxy) is 1. The first-order valence-corrected chi connectivity index (χ1v) is 11.1. The fraction of sp³-hybridized carbons (Fsp3) is 0.368. The number of methoxy groups -OCH3 is 1. The van der Waals surface area contributed by atoms with Gasteiger partial charge in [-0.3, -0.25) is 4.72 Å². The molecule has 0 radical (unpaired) electrons. The number of aryl methyl sites for hydroxylation is 1. The van der Waals surface area contributed by atoms with Gasteiger partial charge in [-0.1, -0.05) is 12.1 Å². The second-order valence-electron chi connectivity index (χ2n) is 6.57. The number of halogens is 3. The lowest BCUT2D eigenvalue weighted by atomic mass is 10.1. The van der Waals surface area contributed by atoms with Gasteiger partial charge in [-0.2, -0.15) is 13.2 Å². The zero-order chi connectivity index (χ0) is 21.8. The number of benzene rings is 2. The average Bonchev–Trinajstić information content (AvgIpc) is 2.61. The lowest BCUT2D eigenvalue weighted by molar-refractivity contribution is -0.138. The second-order valence-corrected chi connectivity index (χ2v) is 9.33. The molecule has 0 aliphatic carbocycles. The van der Waals surface area contributed by atoms with Crippen LogP contribution in [0.5, 0.6) is 5.75 Å². The highest BCUT2D eigenvalue weighted by Crippen LogP contribution is 2.37. The summed E-state index contributed by atoms with van der Waals surface area (Å²) in [6.07, 6.45) is -4.58. The van der Waals surface area contributed by atoms with Gasteiger partial charge in [-0.05, 0) is 50.8 Å². The second kappa shape index (κ2) is 9.27. The number of hydrogen-bond acceptors (Lipinski definition) is 5. The molecular weight excluding hydrogens is 425 g/mol. The molecule has 0 aromatic heterocycles. The van der Waals surface area contributed by atoms with E-state index in [9.17, 15) is 21.6 Å². The third-order valence-electron chi connectivity index (χ3n) is 4.02. The Hall–Kier alpha value is -1.91. The predicted octanol–water partition coefficient (Wildman–Crippen LogP) is 4.48. The fourth-order valence-electron chi connectivity index (χ4n) is 2.57. The molecule has 0 aliphatic heterocycles. The summed E-state index contributed by atoms with van der Waals surface area (Å²) >= 11 is 1.33. The highest BCUT2D eigenvalue weighted by atomic mass is 32.2. The van der Waals surface area contributed by atoms with Gasteiger partial charge in [0.15, 0.2) is 0 Å². The molecule has 0 heterocycles. The lowest BCUT2D eigenvalue weighted by Gasteiger charge is -2.17. The lowest BCUT2D eigenvalue weighted by Crippen LogP contribution is -2.17. The first kappa shape index (κ1) is 23.4. The van der Waals surface area contributed by atoms with Crippen molar-refractivity contribution in [3.05, 3.63) is 47.5 Å². The standard InChI is InChI=1S/C19H23F3N2O3S2/c1-13-8-9-14(12-15(13)19(20,21)22)23-29(25,26)18-16(27-4)6-5-7-17(18)28-11-10-24(2)3/h5-9,12,23H,10-11H2,1-4H3. The number of nitrogens with one attached hydrogen (secondary N) is 1. The van der Waals surface area contributed by atoms with Crippen LogP contribution in [0, 0.1) is 6.92 Å². The molecule has 2 rings (SSSR count). The van der Waals surface area contributed by atoms with E-state index in [1.165, 1.54) is 44.0 Å². The van der Waals surface area contributed by atoms with Crippen LogP contribution < -0.4 is 9.46 Å². The van der Waals surface area contributed by atoms with E-state index in [2.05, 4.69) is 4.72 Å². The maximum absolute atomic E-state index is 13.2. The summed E-state index contributed by atoms with van der Waals surface area (Å²) in [5, 5.41) is 0. The van der Waals surface area contributed by atoms with Crippen molar-refractivity contribution in [3.8, 4) is 5.75 Å². The van der Waals surface area contributed by atoms with Gasteiger partial charge < -0.3 is 9.64 Å². The molecule has 0 spiro atoms. The predicted molar refractivity (Wildman–Crippen MR) is 109 cm³/mol. The number of rotatable bonds is 8. The maximum atomic E-state index is 13.2. The van der Waals surface area contributed by atoms with Crippen LogP contribution in [0.4, 0.5) is 18.9 Å². The van der Waals surface area contributed by atoms with E-state index in [0.29, 0.717) is 10.6 Å². The van der Waals surface area contributed by atoms with Gasteiger partial charge in [-0.25, -0.2) is 8.42 Å². The molecule has 10 heteroatoms. The van der Waals surface area contributed by atoms with Gasteiger partial charge in [0.05, 0.1) is 12.7 Å². The summed E-state index contributed by atoms with van der Waals surface area (Å²) in [6.45, 7) is 2.04. The Balaban J connectivity index is 2.43. The quantitative estimate of drug-likeness (QED) is 0.604. The van der Waals surface area contributed by atoms with Crippen molar-refractivity contribution in [1.29, 1.82) is 0 Å². The molecule has 0 aliphatic rings. The minimum Gasteiger partial charge on any atom is -0.495 e. The molecule has 0 fully saturated rings. The highest BCUT2D eigenvalue weighted by Gasteiger charge is 2.33. The minimum atomic E-state index is -4.58. The first-order valence-electron chi connectivity index (χ1n) is 8.61. The number of anilines is 1. The molecule has 0 unspecified atom stereocenters. The monoisotopic (exact) mass is 448 g/mol. The molecule has 160 valence electrons. The van der Waals surface area contributed by atoms with Crippen LogP contribution >= 0.6 is 11.8 Å². The molecule has 2 aromatic rings. The first-order chi connectivity index (χ1) is 13.5. The Bertz CT molecular complexity index is 962. The Morgan fingerprint density at radius 1 is 1.17 bits per heavy atom. The summed E-state index contributed by atoms with van der Waals surface area (Å²) in [5.74, 6) is 0.751. The van der Waals surface area contributed by atoms with E-state index in [0.717, 1.165) is 12.6 Å². The van der Waals surface area contributed by atoms with Gasteiger partial charge in [-0.15, -0.1) is 11.8 Å². The van der Waals surface area contributed by atoms with Crippen LogP contribution in [0.3, 0.4) is 0 Å². The van der Waals surface area contributed by atoms with Crippen molar-refractivity contribution in [2.75, 3.05) is 38.2 Å². The Morgan fingerprint density at radius 2 is 1.86 bits per heavy atom. The van der Waals surface area contributed by atoms with Crippen molar-refractivity contribution >= 4 is 27.5 Å². The largest absolute Gasteiger partial charge is 0.495 e. The summed E-state index contributed by atoms with van der Waals surface area (Å²) in [7, 11) is 0.962. The van der Waals surface area contributed by atoms with Crippen molar-refractivity contribution in [1.82, 2.24) is 4.90 Å². The number of sulfonamides is 1. The van der Waals surface area contributed by atoms with Crippen LogP contribution in [0.1, 0.15) is 11.1 Å². The molecule has 2 aromatic carbocycles. The van der Waals surface area contributed by atoms with Gasteiger partial charge in [0, 0.05) is 22.9 Å². The third-order valence-corrected chi connectivity index (χ3v) is 6.65. The third kappa shape index (κ3) is 6.03. The van der Waals surface area contributed by atoms with E-state index in [1.807, 2.05) is 19.0 Å². The molecular formula is C19H23F3N2O3S2. The van der Waals surface area contributed by atoms with Gasteiger partial charge in [0.25, 0.3) is 10.0 Å². The molecule has 0 saturated heterocycles. The summed E-state index contributed by atoms with van der Waals surface area (Å²) in [5.41, 5.74) is -1.05. The SMILES string of the molecule is COc1cccc(SCCN(C)C)c1S(=O)(=O)Nc1ccc(C)c(C(F)(F)F)c1. The van der Waals surface area contributed by atoms with E-state index in [1.54, 1.807) is 12.1 Å².